The fourth-order valence-corrected chi connectivity index (χ4v) is 4.90. The monoisotopic (exact) mass is 490 g/mol. The highest BCUT2D eigenvalue weighted by atomic mass is 32.2. The molecule has 1 aliphatic heterocycles. The molecule has 174 valence electrons. The van der Waals surface area contributed by atoms with Crippen molar-refractivity contribution in [1.29, 1.82) is 0 Å². The number of methoxy groups -OCH3 is 1. The van der Waals surface area contributed by atoms with Crippen LogP contribution in [0.4, 0.5) is 11.4 Å². The van der Waals surface area contributed by atoms with Crippen molar-refractivity contribution in [2.24, 2.45) is 0 Å². The van der Waals surface area contributed by atoms with Gasteiger partial charge in [-0.15, -0.1) is 0 Å². The molecule has 0 radical (unpaired) electrons. The molecule has 1 amide bonds. The number of carbonyl (C=O) groups is 1. The zero-order valence-corrected chi connectivity index (χ0v) is 21.2. The molecule has 5 nitrogen and oxygen atoms in total. The number of thiocarbonyl (C=S) groups is 1. The second kappa shape index (κ2) is 10.3. The molecule has 34 heavy (non-hydrogen) atoms. The highest BCUT2D eigenvalue weighted by Gasteiger charge is 2.33. The Hall–Kier alpha value is -3.29. The first-order chi connectivity index (χ1) is 16.4. The minimum Gasteiger partial charge on any atom is -0.493 e. The van der Waals surface area contributed by atoms with E-state index in [0.29, 0.717) is 27.3 Å². The average Bonchev–Trinajstić information content (AvgIpc) is 3.10. The number of thioether (sulfide) groups is 1. The molecule has 0 saturated carbocycles. The first kappa shape index (κ1) is 23.9. The van der Waals surface area contributed by atoms with Gasteiger partial charge < -0.3 is 14.4 Å². The largest absolute Gasteiger partial charge is 0.493 e. The lowest BCUT2D eigenvalue weighted by Gasteiger charge is -2.17. The maximum absolute atomic E-state index is 13.1. The average molecular weight is 491 g/mol. The zero-order chi connectivity index (χ0) is 24.2. The van der Waals surface area contributed by atoms with Gasteiger partial charge in [-0.25, -0.2) is 0 Å². The van der Waals surface area contributed by atoms with Crippen molar-refractivity contribution in [3.8, 4) is 11.5 Å². The topological polar surface area (TPSA) is 42.0 Å². The van der Waals surface area contributed by atoms with Gasteiger partial charge >= 0.3 is 0 Å². The van der Waals surface area contributed by atoms with Crippen LogP contribution in [0.25, 0.3) is 6.08 Å². The second-order valence-corrected chi connectivity index (χ2v) is 9.79. The van der Waals surface area contributed by atoms with E-state index in [9.17, 15) is 4.79 Å². The number of anilines is 2. The number of benzene rings is 3. The third kappa shape index (κ3) is 5.26. The van der Waals surface area contributed by atoms with Gasteiger partial charge in [-0.05, 0) is 60.5 Å². The van der Waals surface area contributed by atoms with Gasteiger partial charge in [0.2, 0.25) is 0 Å². The third-order valence-corrected chi connectivity index (χ3v) is 6.68. The van der Waals surface area contributed by atoms with E-state index in [2.05, 4.69) is 19.1 Å². The van der Waals surface area contributed by atoms with E-state index in [-0.39, 0.29) is 5.91 Å². The Morgan fingerprint density at radius 3 is 2.47 bits per heavy atom. The minimum atomic E-state index is -0.133. The van der Waals surface area contributed by atoms with Crippen LogP contribution >= 0.6 is 24.0 Å². The smallest absolute Gasteiger partial charge is 0.270 e. The summed E-state index contributed by atoms with van der Waals surface area (Å²) in [6.45, 7) is 2.50. The van der Waals surface area contributed by atoms with E-state index >= 15 is 0 Å². The molecule has 0 aliphatic carbocycles. The highest BCUT2D eigenvalue weighted by Crippen LogP contribution is 2.37. The molecule has 0 unspecified atom stereocenters. The molecule has 1 heterocycles. The summed E-state index contributed by atoms with van der Waals surface area (Å²) in [4.78, 5) is 17.3. The second-order valence-electron chi connectivity index (χ2n) is 8.12. The van der Waals surface area contributed by atoms with E-state index < -0.39 is 0 Å². The number of nitrogens with zero attached hydrogens (tertiary/aromatic N) is 2. The molecule has 3 aromatic carbocycles. The molecule has 3 aromatic rings. The highest BCUT2D eigenvalue weighted by molar-refractivity contribution is 8.27. The molecule has 0 aromatic heterocycles. The van der Waals surface area contributed by atoms with Crippen molar-refractivity contribution in [1.82, 2.24) is 0 Å². The third-order valence-electron chi connectivity index (χ3n) is 5.38. The Kier molecular flexibility index (Phi) is 7.24. The lowest BCUT2D eigenvalue weighted by molar-refractivity contribution is -0.113. The number of aryl methyl sites for hydroxylation is 1. The number of hydrogen-bond donors (Lipinski definition) is 0. The van der Waals surface area contributed by atoms with Crippen LogP contribution < -0.4 is 19.3 Å². The van der Waals surface area contributed by atoms with Crippen LogP contribution in [0, 0.1) is 6.92 Å². The van der Waals surface area contributed by atoms with E-state index in [1.54, 1.807) is 12.0 Å². The number of hydrogen-bond acceptors (Lipinski definition) is 6. The van der Waals surface area contributed by atoms with Crippen LogP contribution in [0.3, 0.4) is 0 Å². The van der Waals surface area contributed by atoms with E-state index in [1.165, 1.54) is 17.3 Å². The maximum Gasteiger partial charge on any atom is 0.270 e. The molecule has 1 saturated heterocycles. The van der Waals surface area contributed by atoms with Gasteiger partial charge in [-0.1, -0.05) is 59.9 Å². The summed E-state index contributed by atoms with van der Waals surface area (Å²) in [6.07, 6.45) is 1.83. The van der Waals surface area contributed by atoms with Crippen LogP contribution in [0.5, 0.6) is 11.5 Å². The first-order valence-electron chi connectivity index (χ1n) is 10.8. The van der Waals surface area contributed by atoms with Crippen molar-refractivity contribution in [2.45, 2.75) is 13.5 Å². The maximum atomic E-state index is 13.1. The summed E-state index contributed by atoms with van der Waals surface area (Å²) < 4.78 is 12.0. The zero-order valence-electron chi connectivity index (χ0n) is 19.6. The molecular weight excluding hydrogens is 464 g/mol. The standard InChI is InChI=1S/C27H26N2O3S2/c1-18-6-5-7-20(14-18)17-32-23-13-8-19(15-24(23)31-4)16-25-26(30)29(27(33)34-25)22-11-9-21(10-12-22)28(2)3/h5-16H,17H2,1-4H3/b25-16+. The summed E-state index contributed by atoms with van der Waals surface area (Å²) in [5.41, 5.74) is 4.93. The Morgan fingerprint density at radius 1 is 1.03 bits per heavy atom. The minimum absolute atomic E-state index is 0.133. The lowest BCUT2D eigenvalue weighted by Crippen LogP contribution is -2.27. The van der Waals surface area contributed by atoms with Gasteiger partial charge in [0.05, 0.1) is 17.7 Å². The van der Waals surface area contributed by atoms with Crippen molar-refractivity contribution < 1.29 is 14.3 Å². The lowest BCUT2D eigenvalue weighted by atomic mass is 10.1. The number of ether oxygens (including phenoxy) is 2. The molecule has 0 N–H and O–H groups in total. The summed E-state index contributed by atoms with van der Waals surface area (Å²) in [7, 11) is 5.56. The van der Waals surface area contributed by atoms with Gasteiger partial charge in [-0.2, -0.15) is 0 Å². The summed E-state index contributed by atoms with van der Waals surface area (Å²) in [6, 6.07) is 21.6. The summed E-state index contributed by atoms with van der Waals surface area (Å²) >= 11 is 6.80. The fourth-order valence-electron chi connectivity index (χ4n) is 3.60. The molecule has 4 rings (SSSR count). The van der Waals surface area contributed by atoms with E-state index in [1.807, 2.05) is 79.7 Å². The Balaban J connectivity index is 1.51. The van der Waals surface area contributed by atoms with Gasteiger partial charge in [-0.3, -0.25) is 9.69 Å². The van der Waals surface area contributed by atoms with Crippen LogP contribution in [-0.2, 0) is 11.4 Å². The molecule has 7 heteroatoms. The summed E-state index contributed by atoms with van der Waals surface area (Å²) in [5, 5.41) is 0. The van der Waals surface area contributed by atoms with Crippen LogP contribution in [-0.4, -0.2) is 31.4 Å². The van der Waals surface area contributed by atoms with Gasteiger partial charge in [0.1, 0.15) is 6.61 Å². The Bertz CT molecular complexity index is 1250. The molecular formula is C27H26N2O3S2. The number of carbonyl (C=O) groups excluding carboxylic acids is 1. The Labute approximate surface area is 210 Å². The van der Waals surface area contributed by atoms with E-state index in [4.69, 9.17) is 21.7 Å². The molecule has 0 bridgehead atoms. The first-order valence-corrected chi connectivity index (χ1v) is 12.0. The number of amides is 1. The number of rotatable bonds is 7. The predicted octanol–water partition coefficient (Wildman–Crippen LogP) is 6.05. The van der Waals surface area contributed by atoms with Crippen molar-refractivity contribution >= 4 is 51.7 Å². The SMILES string of the molecule is COc1cc(/C=C2/SC(=S)N(c3ccc(N(C)C)cc3)C2=O)ccc1OCc1cccc(C)c1. The van der Waals surface area contributed by atoms with Crippen molar-refractivity contribution in [2.75, 3.05) is 31.0 Å². The van der Waals surface area contributed by atoms with Crippen molar-refractivity contribution in [3.63, 3.8) is 0 Å². The summed E-state index contributed by atoms with van der Waals surface area (Å²) in [5.74, 6) is 1.12. The van der Waals surface area contributed by atoms with Crippen LogP contribution in [0.2, 0.25) is 0 Å². The van der Waals surface area contributed by atoms with Crippen LogP contribution in [0.1, 0.15) is 16.7 Å². The molecule has 0 spiro atoms. The fraction of sp³-hybridized carbons (Fsp3) is 0.185. The van der Waals surface area contributed by atoms with Gasteiger partial charge in [0, 0.05) is 19.8 Å². The predicted molar refractivity (Wildman–Crippen MR) is 145 cm³/mol. The normalized spacial score (nSPS) is 14.6. The Morgan fingerprint density at radius 2 is 1.79 bits per heavy atom. The van der Waals surface area contributed by atoms with Crippen LogP contribution in [0.15, 0.2) is 71.6 Å². The van der Waals surface area contributed by atoms with Crippen molar-refractivity contribution in [3.05, 3.63) is 88.3 Å². The molecule has 0 atom stereocenters. The van der Waals surface area contributed by atoms with E-state index in [0.717, 1.165) is 22.5 Å². The molecule has 1 aliphatic rings. The van der Waals surface area contributed by atoms with Gasteiger partial charge in [0.25, 0.3) is 5.91 Å². The molecule has 1 fully saturated rings. The van der Waals surface area contributed by atoms with Gasteiger partial charge in [0.15, 0.2) is 15.8 Å². The quantitative estimate of drug-likeness (QED) is 0.296.